The Labute approximate surface area is 84.4 Å². The molecule has 0 fully saturated rings. The molecule has 0 amide bonds. The molecule has 15 heavy (non-hydrogen) atoms. The molecule has 1 aliphatic rings. The van der Waals surface area contributed by atoms with Crippen LogP contribution in [-0.2, 0) is 14.5 Å². The van der Waals surface area contributed by atoms with E-state index in [9.17, 15) is 17.2 Å². The van der Waals surface area contributed by atoms with Gasteiger partial charge in [0.1, 0.15) is 17.9 Å². The van der Waals surface area contributed by atoms with E-state index in [1.54, 1.807) is 0 Å². The van der Waals surface area contributed by atoms with E-state index in [1.807, 2.05) is 4.72 Å². The SMILES string of the molecule is O=S1(=O)NC(c2cc(F)cc(F)c2)=CO1. The van der Waals surface area contributed by atoms with Crippen LogP contribution < -0.4 is 4.72 Å². The Balaban J connectivity index is 2.40. The minimum absolute atomic E-state index is 0.00611. The lowest BCUT2D eigenvalue weighted by molar-refractivity contribution is 0.453. The second kappa shape index (κ2) is 3.20. The molecule has 4 nitrogen and oxygen atoms in total. The van der Waals surface area contributed by atoms with Gasteiger partial charge in [-0.15, -0.1) is 0 Å². The molecule has 0 bridgehead atoms. The summed E-state index contributed by atoms with van der Waals surface area (Å²) in [5.74, 6) is -1.59. The Kier molecular flexibility index (Phi) is 2.11. The molecule has 1 aliphatic heterocycles. The van der Waals surface area contributed by atoms with Gasteiger partial charge in [0.2, 0.25) is 0 Å². The fraction of sp³-hybridized carbons (Fsp3) is 0. The number of rotatable bonds is 1. The average molecular weight is 233 g/mol. The molecule has 0 radical (unpaired) electrons. The topological polar surface area (TPSA) is 55.4 Å². The molecule has 0 saturated heterocycles. The maximum atomic E-state index is 12.8. The second-order valence-electron chi connectivity index (χ2n) is 2.84. The number of benzene rings is 1. The molecule has 0 aliphatic carbocycles. The Morgan fingerprint density at radius 3 is 2.20 bits per heavy atom. The largest absolute Gasteiger partial charge is 0.407 e. The highest BCUT2D eigenvalue weighted by Crippen LogP contribution is 2.20. The summed E-state index contributed by atoms with van der Waals surface area (Å²) < 4.78 is 53.4. The molecule has 0 atom stereocenters. The van der Waals surface area contributed by atoms with Gasteiger partial charge < -0.3 is 4.18 Å². The van der Waals surface area contributed by atoms with Crippen LogP contribution in [0.15, 0.2) is 24.5 Å². The van der Waals surface area contributed by atoms with Gasteiger partial charge in [-0.1, -0.05) is 0 Å². The summed E-state index contributed by atoms with van der Waals surface area (Å²) in [4.78, 5) is 0. The molecular formula is C8H5F2NO3S. The summed E-state index contributed by atoms with van der Waals surface area (Å²) in [5, 5.41) is 0. The van der Waals surface area contributed by atoms with Gasteiger partial charge in [0, 0.05) is 11.6 Å². The maximum Gasteiger partial charge on any atom is 0.407 e. The molecular weight excluding hydrogens is 228 g/mol. The van der Waals surface area contributed by atoms with Crippen molar-refractivity contribution in [2.75, 3.05) is 0 Å². The monoisotopic (exact) mass is 233 g/mol. The molecule has 1 aromatic rings. The van der Waals surface area contributed by atoms with Crippen LogP contribution in [0.2, 0.25) is 0 Å². The standard InChI is InChI=1S/C8H5F2NO3S/c9-6-1-5(2-7(10)3-6)8-4-14-15(12,13)11-8/h1-4,11H. The highest BCUT2D eigenvalue weighted by Gasteiger charge is 2.21. The molecule has 1 heterocycles. The maximum absolute atomic E-state index is 12.8. The van der Waals surface area contributed by atoms with Crippen LogP contribution in [0, 0.1) is 11.6 Å². The molecule has 7 heteroatoms. The van der Waals surface area contributed by atoms with E-state index in [0.717, 1.165) is 18.4 Å². The molecule has 0 saturated carbocycles. The van der Waals surface area contributed by atoms with E-state index >= 15 is 0 Å². The highest BCUT2D eigenvalue weighted by atomic mass is 32.2. The van der Waals surface area contributed by atoms with Gasteiger partial charge in [-0.2, -0.15) is 8.42 Å². The van der Waals surface area contributed by atoms with Crippen molar-refractivity contribution in [2.24, 2.45) is 0 Å². The minimum atomic E-state index is -3.86. The number of halogens is 2. The number of nitrogens with one attached hydrogen (secondary N) is 1. The van der Waals surface area contributed by atoms with Crippen molar-refractivity contribution in [2.45, 2.75) is 0 Å². The first kappa shape index (κ1) is 9.91. The van der Waals surface area contributed by atoms with Crippen molar-refractivity contribution < 1.29 is 21.4 Å². The Morgan fingerprint density at radius 1 is 1.13 bits per heavy atom. The lowest BCUT2D eigenvalue weighted by Crippen LogP contribution is -2.16. The molecule has 1 aromatic carbocycles. The van der Waals surface area contributed by atoms with Crippen molar-refractivity contribution >= 4 is 16.0 Å². The van der Waals surface area contributed by atoms with Crippen LogP contribution in [-0.4, -0.2) is 8.42 Å². The van der Waals surface area contributed by atoms with Crippen molar-refractivity contribution in [1.82, 2.24) is 4.72 Å². The van der Waals surface area contributed by atoms with Crippen LogP contribution in [0.1, 0.15) is 5.56 Å². The first-order chi connectivity index (χ1) is 6.96. The van der Waals surface area contributed by atoms with Gasteiger partial charge >= 0.3 is 10.3 Å². The van der Waals surface area contributed by atoms with Gasteiger partial charge in [0.15, 0.2) is 0 Å². The normalized spacial score (nSPS) is 17.9. The number of hydrogen-bond acceptors (Lipinski definition) is 3. The zero-order chi connectivity index (χ0) is 11.1. The molecule has 80 valence electrons. The quantitative estimate of drug-likeness (QED) is 0.791. The van der Waals surface area contributed by atoms with Gasteiger partial charge in [0.25, 0.3) is 0 Å². The first-order valence-electron chi connectivity index (χ1n) is 3.84. The summed E-state index contributed by atoms with van der Waals surface area (Å²) in [7, 11) is -3.86. The van der Waals surface area contributed by atoms with Gasteiger partial charge in [-0.3, -0.25) is 0 Å². The van der Waals surface area contributed by atoms with Crippen LogP contribution in [0.5, 0.6) is 0 Å². The fourth-order valence-electron chi connectivity index (χ4n) is 1.13. The molecule has 1 N–H and O–H groups in total. The Hall–Kier alpha value is -1.63. The number of hydrogen-bond donors (Lipinski definition) is 1. The third kappa shape index (κ3) is 2.07. The lowest BCUT2D eigenvalue weighted by atomic mass is 10.2. The zero-order valence-corrected chi connectivity index (χ0v) is 8.01. The third-order valence-corrected chi connectivity index (χ3v) is 2.52. The van der Waals surface area contributed by atoms with Crippen LogP contribution in [0.4, 0.5) is 8.78 Å². The molecule has 0 aromatic heterocycles. The first-order valence-corrected chi connectivity index (χ1v) is 5.25. The predicted molar refractivity (Wildman–Crippen MR) is 47.5 cm³/mol. The smallest absolute Gasteiger partial charge is 0.373 e. The molecule has 0 unspecified atom stereocenters. The zero-order valence-electron chi connectivity index (χ0n) is 7.20. The summed E-state index contributed by atoms with van der Waals surface area (Å²) in [6.07, 6.45) is 0.879. The molecule has 2 rings (SSSR count). The average Bonchev–Trinajstić information content (AvgIpc) is 2.44. The summed E-state index contributed by atoms with van der Waals surface area (Å²) in [6.45, 7) is 0. The van der Waals surface area contributed by atoms with Crippen molar-refractivity contribution in [3.63, 3.8) is 0 Å². The van der Waals surface area contributed by atoms with E-state index < -0.39 is 21.9 Å². The Bertz CT molecular complexity index is 519. The van der Waals surface area contributed by atoms with Gasteiger partial charge in [-0.05, 0) is 12.1 Å². The summed E-state index contributed by atoms with van der Waals surface area (Å²) >= 11 is 0. The van der Waals surface area contributed by atoms with E-state index in [2.05, 4.69) is 4.18 Å². The lowest BCUT2D eigenvalue weighted by Gasteiger charge is -2.01. The van der Waals surface area contributed by atoms with E-state index in [1.165, 1.54) is 0 Å². The summed E-state index contributed by atoms with van der Waals surface area (Å²) in [5.41, 5.74) is 0.0574. The van der Waals surface area contributed by atoms with Crippen LogP contribution in [0.3, 0.4) is 0 Å². The van der Waals surface area contributed by atoms with Gasteiger partial charge in [0.05, 0.1) is 5.70 Å². The van der Waals surface area contributed by atoms with Crippen LogP contribution >= 0.6 is 0 Å². The highest BCUT2D eigenvalue weighted by molar-refractivity contribution is 7.85. The van der Waals surface area contributed by atoms with E-state index in [4.69, 9.17) is 0 Å². The van der Waals surface area contributed by atoms with Crippen molar-refractivity contribution in [1.29, 1.82) is 0 Å². The predicted octanol–water partition coefficient (Wildman–Crippen LogP) is 1.13. The van der Waals surface area contributed by atoms with Crippen molar-refractivity contribution in [3.05, 3.63) is 41.7 Å². The van der Waals surface area contributed by atoms with E-state index in [-0.39, 0.29) is 11.3 Å². The van der Waals surface area contributed by atoms with Crippen molar-refractivity contribution in [3.8, 4) is 0 Å². The van der Waals surface area contributed by atoms with Gasteiger partial charge in [-0.25, -0.2) is 13.5 Å². The second-order valence-corrected chi connectivity index (χ2v) is 4.15. The molecule has 0 spiro atoms. The fourth-order valence-corrected chi connectivity index (χ4v) is 1.84. The van der Waals surface area contributed by atoms with E-state index in [0.29, 0.717) is 6.07 Å². The minimum Gasteiger partial charge on any atom is -0.373 e. The third-order valence-electron chi connectivity index (χ3n) is 1.70. The Morgan fingerprint density at radius 2 is 1.73 bits per heavy atom. The van der Waals surface area contributed by atoms with Crippen LogP contribution in [0.25, 0.3) is 5.70 Å². The summed E-state index contributed by atoms with van der Waals surface area (Å²) in [6, 6.07) is 2.67.